The molecule has 1 aromatic carbocycles. The Morgan fingerprint density at radius 1 is 1.41 bits per heavy atom. The van der Waals surface area contributed by atoms with Gasteiger partial charge in [-0.2, -0.15) is 0 Å². The second-order valence-corrected chi connectivity index (χ2v) is 5.43. The van der Waals surface area contributed by atoms with E-state index in [1.807, 2.05) is 24.8 Å². The highest BCUT2D eigenvalue weighted by atomic mass is 16.5. The number of nitrogens with one attached hydrogen (secondary N) is 2. The van der Waals surface area contributed by atoms with E-state index in [0.717, 1.165) is 5.69 Å². The fraction of sp³-hybridized carbons (Fsp3) is 0.467. The van der Waals surface area contributed by atoms with Crippen LogP contribution >= 0.6 is 0 Å². The summed E-state index contributed by atoms with van der Waals surface area (Å²) in [4.78, 5) is 24.7. The van der Waals surface area contributed by atoms with Gasteiger partial charge in [0.25, 0.3) is 0 Å². The van der Waals surface area contributed by atoms with Gasteiger partial charge in [0.2, 0.25) is 0 Å². The Morgan fingerprint density at radius 2 is 2.18 bits per heavy atom. The lowest BCUT2D eigenvalue weighted by Crippen LogP contribution is -2.54. The summed E-state index contributed by atoms with van der Waals surface area (Å²) in [5.41, 5.74) is 1.05. The third kappa shape index (κ3) is 4.36. The highest BCUT2D eigenvalue weighted by molar-refractivity contribution is 5.88. The summed E-state index contributed by atoms with van der Waals surface area (Å²) in [5, 5.41) is 14.6. The fourth-order valence-electron chi connectivity index (χ4n) is 2.26. The second kappa shape index (κ2) is 7.13. The molecule has 1 heterocycles. The number of hydrogen-bond donors (Lipinski definition) is 3. The minimum atomic E-state index is -0.957. The first-order chi connectivity index (χ1) is 10.5. The molecular formula is C15H21N3O4. The molecular weight excluding hydrogens is 286 g/mol. The van der Waals surface area contributed by atoms with Crippen molar-refractivity contribution >= 4 is 17.7 Å². The number of urea groups is 1. The molecule has 0 aliphatic carbocycles. The fourth-order valence-corrected chi connectivity index (χ4v) is 2.26. The average molecular weight is 307 g/mol. The number of carboxylic acid groups (broad SMARTS) is 1. The van der Waals surface area contributed by atoms with Gasteiger partial charge >= 0.3 is 12.0 Å². The van der Waals surface area contributed by atoms with Crippen LogP contribution in [0.4, 0.5) is 10.5 Å². The molecule has 0 spiro atoms. The quantitative estimate of drug-likeness (QED) is 0.779. The van der Waals surface area contributed by atoms with Gasteiger partial charge in [0, 0.05) is 18.3 Å². The molecule has 7 nitrogen and oxygen atoms in total. The van der Waals surface area contributed by atoms with E-state index < -0.39 is 12.2 Å². The normalized spacial score (nSPS) is 18.1. The number of amides is 2. The van der Waals surface area contributed by atoms with Crippen molar-refractivity contribution < 1.29 is 19.4 Å². The zero-order valence-electron chi connectivity index (χ0n) is 12.7. The molecule has 0 bridgehead atoms. The van der Waals surface area contributed by atoms with Gasteiger partial charge in [0.15, 0.2) is 0 Å². The molecule has 1 aliphatic heterocycles. The minimum absolute atomic E-state index is 0.0481. The first-order valence-electron chi connectivity index (χ1n) is 7.22. The Hall–Kier alpha value is -2.28. The standard InChI is InChI=1S/C15H21N3O4/c1-10(2)16-15(21)17-13-9-18(6-7-22-13)12-5-3-4-11(8-12)14(19)20/h3-5,8,10,13H,6-7,9H2,1-2H3,(H,19,20)(H2,16,17,21). The molecule has 0 radical (unpaired) electrons. The number of carbonyl (C=O) groups excluding carboxylic acids is 1. The zero-order valence-corrected chi connectivity index (χ0v) is 12.7. The van der Waals surface area contributed by atoms with Crippen LogP contribution in [0.15, 0.2) is 24.3 Å². The summed E-state index contributed by atoms with van der Waals surface area (Å²) in [6, 6.07) is 6.51. The van der Waals surface area contributed by atoms with Crippen LogP contribution in [0.25, 0.3) is 0 Å². The van der Waals surface area contributed by atoms with Crippen LogP contribution in [-0.2, 0) is 4.74 Å². The second-order valence-electron chi connectivity index (χ2n) is 5.43. The van der Waals surface area contributed by atoms with Crippen molar-refractivity contribution in [3.63, 3.8) is 0 Å². The molecule has 2 amide bonds. The molecule has 1 saturated heterocycles. The Labute approximate surface area is 129 Å². The SMILES string of the molecule is CC(C)NC(=O)NC1CN(c2cccc(C(=O)O)c2)CCO1. The third-order valence-corrected chi connectivity index (χ3v) is 3.24. The van der Waals surface area contributed by atoms with Crippen molar-refractivity contribution in [2.45, 2.75) is 26.1 Å². The number of benzene rings is 1. The highest BCUT2D eigenvalue weighted by Crippen LogP contribution is 2.18. The van der Waals surface area contributed by atoms with Gasteiger partial charge in [-0.25, -0.2) is 9.59 Å². The van der Waals surface area contributed by atoms with Gasteiger partial charge < -0.3 is 25.4 Å². The van der Waals surface area contributed by atoms with Crippen molar-refractivity contribution in [2.24, 2.45) is 0 Å². The molecule has 1 aliphatic rings. The number of anilines is 1. The number of hydrogen-bond acceptors (Lipinski definition) is 4. The number of nitrogens with zero attached hydrogens (tertiary/aromatic N) is 1. The summed E-state index contributed by atoms with van der Waals surface area (Å²) in [6.45, 7) is 5.33. The van der Waals surface area contributed by atoms with E-state index in [-0.39, 0.29) is 17.6 Å². The van der Waals surface area contributed by atoms with Crippen molar-refractivity contribution in [1.82, 2.24) is 10.6 Å². The maximum absolute atomic E-state index is 11.7. The first-order valence-corrected chi connectivity index (χ1v) is 7.22. The molecule has 1 aromatic rings. The van der Waals surface area contributed by atoms with E-state index in [1.165, 1.54) is 0 Å². The third-order valence-electron chi connectivity index (χ3n) is 3.24. The Kier molecular flexibility index (Phi) is 5.21. The number of aromatic carboxylic acids is 1. The van der Waals surface area contributed by atoms with Crippen LogP contribution in [0, 0.1) is 0 Å². The smallest absolute Gasteiger partial charge is 0.335 e. The predicted molar refractivity (Wildman–Crippen MR) is 82.2 cm³/mol. The van der Waals surface area contributed by atoms with Gasteiger partial charge in [-0.05, 0) is 32.0 Å². The molecule has 7 heteroatoms. The molecule has 1 fully saturated rings. The molecule has 1 atom stereocenters. The molecule has 3 N–H and O–H groups in total. The van der Waals surface area contributed by atoms with E-state index in [1.54, 1.807) is 18.2 Å². The average Bonchev–Trinajstić information content (AvgIpc) is 2.46. The summed E-state index contributed by atoms with van der Waals surface area (Å²) in [7, 11) is 0. The molecule has 2 rings (SSSR count). The number of rotatable bonds is 4. The van der Waals surface area contributed by atoms with Crippen molar-refractivity contribution in [3.8, 4) is 0 Å². The van der Waals surface area contributed by atoms with Crippen LogP contribution in [-0.4, -0.2) is 49.1 Å². The van der Waals surface area contributed by atoms with Gasteiger partial charge in [0.05, 0.1) is 18.7 Å². The predicted octanol–water partition coefficient (Wildman–Crippen LogP) is 1.26. The van der Waals surface area contributed by atoms with Crippen molar-refractivity contribution in [1.29, 1.82) is 0 Å². The number of carboxylic acids is 1. The van der Waals surface area contributed by atoms with Crippen molar-refractivity contribution in [2.75, 3.05) is 24.6 Å². The van der Waals surface area contributed by atoms with Crippen LogP contribution in [0.3, 0.4) is 0 Å². The summed E-state index contributed by atoms with van der Waals surface area (Å²) in [6.07, 6.45) is -0.430. The minimum Gasteiger partial charge on any atom is -0.478 e. The largest absolute Gasteiger partial charge is 0.478 e. The van der Waals surface area contributed by atoms with Gasteiger partial charge in [0.1, 0.15) is 6.23 Å². The molecule has 120 valence electrons. The van der Waals surface area contributed by atoms with Crippen LogP contribution < -0.4 is 15.5 Å². The lowest BCUT2D eigenvalue weighted by atomic mass is 10.2. The Morgan fingerprint density at radius 3 is 2.86 bits per heavy atom. The van der Waals surface area contributed by atoms with Crippen LogP contribution in [0.5, 0.6) is 0 Å². The molecule has 22 heavy (non-hydrogen) atoms. The summed E-state index contributed by atoms with van der Waals surface area (Å²) in [5.74, 6) is -0.957. The maximum Gasteiger partial charge on any atom is 0.335 e. The van der Waals surface area contributed by atoms with E-state index in [4.69, 9.17) is 9.84 Å². The van der Waals surface area contributed by atoms with Gasteiger partial charge in [-0.3, -0.25) is 0 Å². The number of ether oxygens (including phenoxy) is 1. The summed E-state index contributed by atoms with van der Waals surface area (Å²) < 4.78 is 5.53. The number of carbonyl (C=O) groups is 2. The first kappa shape index (κ1) is 16.1. The van der Waals surface area contributed by atoms with Crippen LogP contribution in [0.2, 0.25) is 0 Å². The lowest BCUT2D eigenvalue weighted by molar-refractivity contribution is 0.0255. The maximum atomic E-state index is 11.7. The van der Waals surface area contributed by atoms with Crippen LogP contribution in [0.1, 0.15) is 24.2 Å². The van der Waals surface area contributed by atoms with E-state index in [2.05, 4.69) is 10.6 Å². The summed E-state index contributed by atoms with van der Waals surface area (Å²) >= 11 is 0. The monoisotopic (exact) mass is 307 g/mol. The highest BCUT2D eigenvalue weighted by Gasteiger charge is 2.22. The molecule has 1 unspecified atom stereocenters. The Balaban J connectivity index is 1.99. The van der Waals surface area contributed by atoms with E-state index in [0.29, 0.717) is 19.7 Å². The lowest BCUT2D eigenvalue weighted by Gasteiger charge is -2.35. The van der Waals surface area contributed by atoms with Gasteiger partial charge in [-0.1, -0.05) is 6.07 Å². The Bertz CT molecular complexity index is 547. The van der Waals surface area contributed by atoms with Gasteiger partial charge in [-0.15, -0.1) is 0 Å². The topological polar surface area (TPSA) is 90.9 Å². The molecule has 0 aromatic heterocycles. The molecule has 0 saturated carbocycles. The van der Waals surface area contributed by atoms with E-state index in [9.17, 15) is 9.59 Å². The number of morpholine rings is 1. The zero-order chi connectivity index (χ0) is 16.1. The van der Waals surface area contributed by atoms with Crippen molar-refractivity contribution in [3.05, 3.63) is 29.8 Å². The van der Waals surface area contributed by atoms with E-state index >= 15 is 0 Å².